The lowest BCUT2D eigenvalue weighted by Crippen LogP contribution is -2.53. The molecule has 2 atom stereocenters. The number of nitrogens with one attached hydrogen (secondary N) is 1. The monoisotopic (exact) mass is 306 g/mol. The zero-order valence-electron chi connectivity index (χ0n) is 11.8. The summed E-state index contributed by atoms with van der Waals surface area (Å²) in [5.74, 6) is -0.763. The molecule has 0 spiro atoms. The molecule has 1 aliphatic rings. The number of thioether (sulfide) groups is 1. The van der Waals surface area contributed by atoms with Gasteiger partial charge in [0.15, 0.2) is 10.8 Å². The fourth-order valence-electron chi connectivity index (χ4n) is 2.90. The second-order valence-corrected chi connectivity index (χ2v) is 6.65. The molecule has 0 amide bonds. The van der Waals surface area contributed by atoms with E-state index in [0.29, 0.717) is 12.8 Å². The molecule has 2 N–H and O–H groups in total. The van der Waals surface area contributed by atoms with E-state index in [1.807, 2.05) is 28.8 Å². The van der Waals surface area contributed by atoms with Crippen LogP contribution in [0.15, 0.2) is 29.6 Å². The number of carboxylic acid groups (broad SMARTS) is 1. The molecule has 0 saturated heterocycles. The van der Waals surface area contributed by atoms with Gasteiger partial charge in [0.1, 0.15) is 5.54 Å². The Morgan fingerprint density at radius 3 is 3.14 bits per heavy atom. The number of aromatic nitrogens is 3. The summed E-state index contributed by atoms with van der Waals surface area (Å²) in [6, 6.07) is 5.78. The molecule has 3 rings (SSSR count). The van der Waals surface area contributed by atoms with Gasteiger partial charge in [0, 0.05) is 11.4 Å². The summed E-state index contributed by atoms with van der Waals surface area (Å²) in [7, 11) is 1.73. The lowest BCUT2D eigenvalue weighted by molar-refractivity contribution is -0.146. The van der Waals surface area contributed by atoms with Gasteiger partial charge < -0.3 is 10.4 Å². The summed E-state index contributed by atoms with van der Waals surface area (Å²) >= 11 is 1.62. The number of rotatable bonds is 4. The fourth-order valence-corrected chi connectivity index (χ4v) is 4.21. The molecule has 1 aliphatic carbocycles. The zero-order chi connectivity index (χ0) is 14.9. The molecule has 0 radical (unpaired) electrons. The Balaban J connectivity index is 1.80. The van der Waals surface area contributed by atoms with Crippen molar-refractivity contribution in [2.24, 2.45) is 0 Å². The lowest BCUT2D eigenvalue weighted by atomic mass is 9.81. The first-order valence-electron chi connectivity index (χ1n) is 7.03. The molecule has 0 aromatic carbocycles. The molecule has 0 aliphatic heterocycles. The van der Waals surface area contributed by atoms with Crippen LogP contribution in [-0.4, -0.2) is 43.5 Å². The number of fused-ring (bicyclic) bond motifs is 1. The Bertz CT molecular complexity index is 659. The highest BCUT2D eigenvalue weighted by Crippen LogP contribution is 2.37. The predicted molar refractivity (Wildman–Crippen MR) is 80.5 cm³/mol. The fraction of sp³-hybridized carbons (Fsp3) is 0.500. The third-order valence-electron chi connectivity index (χ3n) is 4.15. The third kappa shape index (κ3) is 2.63. The van der Waals surface area contributed by atoms with Crippen molar-refractivity contribution in [1.82, 2.24) is 19.9 Å². The van der Waals surface area contributed by atoms with Crippen LogP contribution in [0.2, 0.25) is 0 Å². The molecule has 6 nitrogen and oxygen atoms in total. The molecule has 1 saturated carbocycles. The van der Waals surface area contributed by atoms with E-state index in [1.54, 1.807) is 18.8 Å². The van der Waals surface area contributed by atoms with Gasteiger partial charge in [0.25, 0.3) is 0 Å². The summed E-state index contributed by atoms with van der Waals surface area (Å²) in [5, 5.41) is 21.9. The van der Waals surface area contributed by atoms with Crippen molar-refractivity contribution < 1.29 is 9.90 Å². The van der Waals surface area contributed by atoms with E-state index >= 15 is 0 Å². The average molecular weight is 306 g/mol. The maximum absolute atomic E-state index is 11.6. The van der Waals surface area contributed by atoms with Gasteiger partial charge in [-0.15, -0.1) is 10.2 Å². The normalized spacial score (nSPS) is 26.0. The average Bonchev–Trinajstić information content (AvgIpc) is 2.90. The van der Waals surface area contributed by atoms with E-state index in [1.165, 1.54) is 0 Å². The second-order valence-electron chi connectivity index (χ2n) is 5.38. The summed E-state index contributed by atoms with van der Waals surface area (Å²) in [6.07, 6.45) is 5.12. The van der Waals surface area contributed by atoms with E-state index in [0.717, 1.165) is 23.6 Å². The van der Waals surface area contributed by atoms with Crippen LogP contribution in [-0.2, 0) is 4.79 Å². The largest absolute Gasteiger partial charge is 0.480 e. The molecule has 2 unspecified atom stereocenters. The van der Waals surface area contributed by atoms with E-state index in [4.69, 9.17) is 0 Å². The van der Waals surface area contributed by atoms with Crippen molar-refractivity contribution in [3.63, 3.8) is 0 Å². The first-order valence-corrected chi connectivity index (χ1v) is 7.91. The highest BCUT2D eigenvalue weighted by molar-refractivity contribution is 7.99. The van der Waals surface area contributed by atoms with Crippen LogP contribution in [0.1, 0.15) is 25.7 Å². The van der Waals surface area contributed by atoms with Gasteiger partial charge in [-0.1, -0.05) is 17.8 Å². The van der Waals surface area contributed by atoms with E-state index in [-0.39, 0.29) is 5.25 Å². The first kappa shape index (κ1) is 14.3. The van der Waals surface area contributed by atoms with Crippen molar-refractivity contribution >= 4 is 23.4 Å². The van der Waals surface area contributed by atoms with Gasteiger partial charge in [0.05, 0.1) is 0 Å². The van der Waals surface area contributed by atoms with E-state index < -0.39 is 11.5 Å². The smallest absolute Gasteiger partial charge is 0.323 e. The molecule has 7 heteroatoms. The summed E-state index contributed by atoms with van der Waals surface area (Å²) in [6.45, 7) is 0. The van der Waals surface area contributed by atoms with Crippen molar-refractivity contribution in [1.29, 1.82) is 0 Å². The van der Waals surface area contributed by atoms with Gasteiger partial charge >= 0.3 is 5.97 Å². The van der Waals surface area contributed by atoms with Crippen LogP contribution in [0, 0.1) is 0 Å². The molecule has 2 aromatic heterocycles. The topological polar surface area (TPSA) is 79.5 Å². The highest BCUT2D eigenvalue weighted by atomic mass is 32.2. The Hall–Kier alpha value is -1.60. The van der Waals surface area contributed by atoms with Crippen LogP contribution in [0.3, 0.4) is 0 Å². The van der Waals surface area contributed by atoms with Crippen molar-refractivity contribution in [3.8, 4) is 0 Å². The van der Waals surface area contributed by atoms with Gasteiger partial charge in [-0.3, -0.25) is 9.20 Å². The summed E-state index contributed by atoms with van der Waals surface area (Å²) < 4.78 is 1.95. The third-order valence-corrected chi connectivity index (χ3v) is 5.37. The minimum absolute atomic E-state index is 0.231. The molecular formula is C14H18N4O2S. The van der Waals surface area contributed by atoms with Crippen molar-refractivity contribution in [2.45, 2.75) is 41.6 Å². The standard InChI is InChI=1S/C14H18N4O2S/c1-15-14(12(19)20)7-4-5-10(9-14)21-13-17-16-11-6-2-3-8-18(11)13/h2-3,6,8,10,15H,4-5,7,9H2,1H3,(H,19,20). The van der Waals surface area contributed by atoms with E-state index in [9.17, 15) is 9.90 Å². The maximum atomic E-state index is 11.6. The molecule has 112 valence electrons. The summed E-state index contributed by atoms with van der Waals surface area (Å²) in [4.78, 5) is 11.6. The second kappa shape index (κ2) is 5.65. The number of carboxylic acids is 1. The number of nitrogens with zero attached hydrogens (tertiary/aromatic N) is 3. The Labute approximate surface area is 126 Å². The molecular weight excluding hydrogens is 288 g/mol. The van der Waals surface area contributed by atoms with Gasteiger partial charge in [-0.2, -0.15) is 0 Å². The van der Waals surface area contributed by atoms with Gasteiger partial charge in [0.2, 0.25) is 0 Å². The molecule has 0 bridgehead atoms. The number of hydrogen-bond acceptors (Lipinski definition) is 5. The summed E-state index contributed by atoms with van der Waals surface area (Å²) in [5.41, 5.74) is 0.00470. The quantitative estimate of drug-likeness (QED) is 0.897. The number of likely N-dealkylation sites (N-methyl/N-ethyl adjacent to an activating group) is 1. The predicted octanol–water partition coefficient (Wildman–Crippen LogP) is 1.81. The lowest BCUT2D eigenvalue weighted by Gasteiger charge is -2.36. The Kier molecular flexibility index (Phi) is 3.86. The minimum Gasteiger partial charge on any atom is -0.480 e. The van der Waals surface area contributed by atoms with Gasteiger partial charge in [-0.25, -0.2) is 0 Å². The number of pyridine rings is 1. The molecule has 1 fully saturated rings. The van der Waals surface area contributed by atoms with Crippen LogP contribution in [0.5, 0.6) is 0 Å². The molecule has 2 heterocycles. The Morgan fingerprint density at radius 1 is 1.52 bits per heavy atom. The number of carbonyl (C=O) groups is 1. The molecule has 21 heavy (non-hydrogen) atoms. The van der Waals surface area contributed by atoms with Crippen molar-refractivity contribution in [3.05, 3.63) is 24.4 Å². The minimum atomic E-state index is -0.809. The van der Waals surface area contributed by atoms with Crippen molar-refractivity contribution in [2.75, 3.05) is 7.05 Å². The number of aliphatic carboxylic acids is 1. The zero-order valence-corrected chi connectivity index (χ0v) is 12.6. The Morgan fingerprint density at radius 2 is 2.38 bits per heavy atom. The SMILES string of the molecule is CNC1(C(=O)O)CCCC(Sc2nnc3ccccn23)C1. The van der Waals surface area contributed by atoms with Gasteiger partial charge in [-0.05, 0) is 44.9 Å². The first-order chi connectivity index (χ1) is 10.1. The number of hydrogen-bond donors (Lipinski definition) is 2. The van der Waals surface area contributed by atoms with Crippen LogP contribution >= 0.6 is 11.8 Å². The van der Waals surface area contributed by atoms with Crippen LogP contribution < -0.4 is 5.32 Å². The maximum Gasteiger partial charge on any atom is 0.323 e. The van der Waals surface area contributed by atoms with Crippen LogP contribution in [0.4, 0.5) is 0 Å². The van der Waals surface area contributed by atoms with E-state index in [2.05, 4.69) is 15.5 Å². The molecule has 2 aromatic rings. The van der Waals surface area contributed by atoms with Crippen LogP contribution in [0.25, 0.3) is 5.65 Å². The highest BCUT2D eigenvalue weighted by Gasteiger charge is 2.42.